The molecular weight excluding hydrogens is 76.1 g/mol. The van der Waals surface area contributed by atoms with Crippen molar-refractivity contribution in [3.05, 3.63) is 24.2 Å². The topological polar surface area (TPSA) is 13.1 Å². The SMILES string of the molecule is Cc1ccco1.[H+]. The van der Waals surface area contributed by atoms with Crippen LogP contribution in [0.15, 0.2) is 22.8 Å². The summed E-state index contributed by atoms with van der Waals surface area (Å²) in [5.41, 5.74) is 0. The Morgan fingerprint density at radius 2 is 2.67 bits per heavy atom. The van der Waals surface area contributed by atoms with Crippen LogP contribution in [-0.4, -0.2) is 0 Å². The molecule has 1 heterocycles. The van der Waals surface area contributed by atoms with Crippen LogP contribution >= 0.6 is 0 Å². The molecule has 0 saturated carbocycles. The van der Waals surface area contributed by atoms with Gasteiger partial charge in [0, 0.05) is 0 Å². The van der Waals surface area contributed by atoms with Crippen molar-refractivity contribution >= 4 is 0 Å². The fourth-order valence-electron chi connectivity index (χ4n) is 0.361. The van der Waals surface area contributed by atoms with Gasteiger partial charge in [0.05, 0.1) is 6.26 Å². The van der Waals surface area contributed by atoms with Gasteiger partial charge < -0.3 is 4.42 Å². The highest BCUT2D eigenvalue weighted by atomic mass is 16.3. The van der Waals surface area contributed by atoms with Gasteiger partial charge in [0.25, 0.3) is 0 Å². The first kappa shape index (κ1) is 3.47. The highest BCUT2D eigenvalue weighted by Crippen LogP contribution is 1.93. The molecule has 0 unspecified atom stereocenters. The van der Waals surface area contributed by atoms with Gasteiger partial charge in [-0.1, -0.05) is 0 Å². The molecule has 0 bridgehead atoms. The van der Waals surface area contributed by atoms with E-state index >= 15 is 0 Å². The Labute approximate surface area is 38.1 Å². The first-order valence-corrected chi connectivity index (χ1v) is 1.90. The van der Waals surface area contributed by atoms with E-state index in [1.54, 1.807) is 6.26 Å². The van der Waals surface area contributed by atoms with Gasteiger partial charge in [-0.05, 0) is 19.1 Å². The molecular formula is C5H7O+. The number of furan rings is 1. The van der Waals surface area contributed by atoms with Crippen LogP contribution in [0.1, 0.15) is 7.19 Å². The molecule has 0 aliphatic rings. The average molecular weight is 83.1 g/mol. The first-order valence-electron chi connectivity index (χ1n) is 1.90. The second-order valence-electron chi connectivity index (χ2n) is 1.22. The maximum Gasteiger partial charge on any atom is 1.00 e. The monoisotopic (exact) mass is 83.0 g/mol. The molecule has 0 aliphatic carbocycles. The largest absolute Gasteiger partial charge is 1.00 e. The van der Waals surface area contributed by atoms with E-state index in [-0.39, 0.29) is 1.43 Å². The Kier molecular flexibility index (Phi) is 0.675. The van der Waals surface area contributed by atoms with E-state index < -0.39 is 0 Å². The third kappa shape index (κ3) is 0.432. The molecule has 1 aromatic heterocycles. The number of aryl methyl sites for hydroxylation is 1. The Balaban J connectivity index is 0.000000360. The summed E-state index contributed by atoms with van der Waals surface area (Å²) in [5, 5.41) is 0. The van der Waals surface area contributed by atoms with E-state index in [9.17, 15) is 0 Å². The summed E-state index contributed by atoms with van der Waals surface area (Å²) >= 11 is 0. The lowest BCUT2D eigenvalue weighted by Gasteiger charge is -1.69. The molecule has 1 rings (SSSR count). The van der Waals surface area contributed by atoms with Crippen LogP contribution in [0.5, 0.6) is 0 Å². The summed E-state index contributed by atoms with van der Waals surface area (Å²) in [6.07, 6.45) is 1.66. The average Bonchev–Trinajstić information content (AvgIpc) is 1.86. The Bertz CT molecular complexity index is 112. The molecule has 0 aromatic carbocycles. The molecule has 0 aliphatic heterocycles. The van der Waals surface area contributed by atoms with Gasteiger partial charge in [0.15, 0.2) is 0 Å². The quantitative estimate of drug-likeness (QED) is 0.465. The van der Waals surface area contributed by atoms with Crippen LogP contribution in [0.2, 0.25) is 0 Å². The fourth-order valence-corrected chi connectivity index (χ4v) is 0.361. The summed E-state index contributed by atoms with van der Waals surface area (Å²) < 4.78 is 4.83. The van der Waals surface area contributed by atoms with Crippen molar-refractivity contribution in [3.8, 4) is 0 Å². The van der Waals surface area contributed by atoms with E-state index in [0.717, 1.165) is 5.76 Å². The molecule has 1 aromatic rings. The van der Waals surface area contributed by atoms with Crippen molar-refractivity contribution in [1.82, 2.24) is 0 Å². The number of hydrogen-bond donors (Lipinski definition) is 0. The normalized spacial score (nSPS) is 8.83. The van der Waals surface area contributed by atoms with Crippen LogP contribution in [0, 0.1) is 6.92 Å². The van der Waals surface area contributed by atoms with Crippen LogP contribution in [0.25, 0.3) is 0 Å². The molecule has 0 radical (unpaired) electrons. The van der Waals surface area contributed by atoms with Gasteiger partial charge in [-0.25, -0.2) is 0 Å². The molecule has 0 N–H and O–H groups in total. The Hall–Kier alpha value is -0.720. The van der Waals surface area contributed by atoms with Gasteiger partial charge in [0.1, 0.15) is 5.76 Å². The van der Waals surface area contributed by atoms with Crippen molar-refractivity contribution in [2.75, 3.05) is 0 Å². The van der Waals surface area contributed by atoms with Crippen LogP contribution in [-0.2, 0) is 0 Å². The van der Waals surface area contributed by atoms with E-state index in [0.29, 0.717) is 0 Å². The summed E-state index contributed by atoms with van der Waals surface area (Å²) in [7, 11) is 0. The number of hydrogen-bond acceptors (Lipinski definition) is 1. The zero-order valence-corrected chi connectivity index (χ0v) is 3.64. The minimum Gasteiger partial charge on any atom is -0.470 e. The molecule has 0 spiro atoms. The van der Waals surface area contributed by atoms with Gasteiger partial charge in [-0.3, -0.25) is 0 Å². The van der Waals surface area contributed by atoms with Crippen LogP contribution in [0.4, 0.5) is 0 Å². The molecule has 6 heavy (non-hydrogen) atoms. The summed E-state index contributed by atoms with van der Waals surface area (Å²) in [6.45, 7) is 1.92. The lowest BCUT2D eigenvalue weighted by molar-refractivity contribution is 0.534. The van der Waals surface area contributed by atoms with Crippen molar-refractivity contribution in [3.63, 3.8) is 0 Å². The second kappa shape index (κ2) is 1.17. The minimum absolute atomic E-state index is 0. The third-order valence-electron chi connectivity index (χ3n) is 0.663. The van der Waals surface area contributed by atoms with E-state index in [2.05, 4.69) is 0 Å². The van der Waals surface area contributed by atoms with Crippen molar-refractivity contribution < 1.29 is 5.84 Å². The summed E-state index contributed by atoms with van der Waals surface area (Å²) in [4.78, 5) is 0. The van der Waals surface area contributed by atoms with Crippen LogP contribution in [0.3, 0.4) is 0 Å². The number of rotatable bonds is 0. The lowest BCUT2D eigenvalue weighted by atomic mass is 10.5. The molecule has 0 atom stereocenters. The van der Waals surface area contributed by atoms with E-state index in [1.807, 2.05) is 19.1 Å². The standard InChI is InChI=1S/C5H6O/c1-5-3-2-4-6-5/h2-4H,1H3/p+1. The summed E-state index contributed by atoms with van der Waals surface area (Å²) in [5.74, 6) is 0.968. The molecule has 1 heteroatoms. The third-order valence-corrected chi connectivity index (χ3v) is 0.663. The van der Waals surface area contributed by atoms with Crippen molar-refractivity contribution in [2.24, 2.45) is 0 Å². The van der Waals surface area contributed by atoms with Gasteiger partial charge in [-0.2, -0.15) is 0 Å². The molecule has 0 amide bonds. The maximum atomic E-state index is 4.83. The molecule has 32 valence electrons. The first-order chi connectivity index (χ1) is 2.89. The van der Waals surface area contributed by atoms with Crippen molar-refractivity contribution in [1.29, 1.82) is 0 Å². The highest BCUT2D eigenvalue weighted by Gasteiger charge is 1.75. The maximum absolute atomic E-state index is 4.83. The Morgan fingerprint density at radius 1 is 1.83 bits per heavy atom. The molecule has 0 saturated heterocycles. The zero-order chi connectivity index (χ0) is 4.41. The zero-order valence-electron chi connectivity index (χ0n) is 4.64. The predicted molar refractivity (Wildman–Crippen MR) is 24.6 cm³/mol. The second-order valence-corrected chi connectivity index (χ2v) is 1.22. The predicted octanol–water partition coefficient (Wildman–Crippen LogP) is 1.70. The minimum atomic E-state index is 0. The molecule has 0 fully saturated rings. The van der Waals surface area contributed by atoms with Crippen molar-refractivity contribution in [2.45, 2.75) is 6.92 Å². The highest BCUT2D eigenvalue weighted by molar-refractivity contribution is 4.93. The smallest absolute Gasteiger partial charge is 0.470 e. The van der Waals surface area contributed by atoms with E-state index in [4.69, 9.17) is 4.42 Å². The van der Waals surface area contributed by atoms with E-state index in [1.165, 1.54) is 0 Å². The fraction of sp³-hybridized carbons (Fsp3) is 0.200. The Morgan fingerprint density at radius 3 is 2.83 bits per heavy atom. The van der Waals surface area contributed by atoms with Gasteiger partial charge in [0.2, 0.25) is 0 Å². The van der Waals surface area contributed by atoms with Gasteiger partial charge in [-0.15, -0.1) is 0 Å². The van der Waals surface area contributed by atoms with Gasteiger partial charge >= 0.3 is 1.43 Å². The summed E-state index contributed by atoms with van der Waals surface area (Å²) in [6, 6.07) is 3.79. The lowest BCUT2D eigenvalue weighted by Crippen LogP contribution is -1.48. The van der Waals surface area contributed by atoms with Crippen LogP contribution < -0.4 is 0 Å². The molecule has 1 nitrogen and oxygen atoms in total.